The minimum atomic E-state index is -1.26. The number of nitrogens with two attached hydrogens (primary N) is 1. The molecule has 10 heteroatoms. The van der Waals surface area contributed by atoms with Crippen LogP contribution in [0.15, 0.2) is 36.4 Å². The van der Waals surface area contributed by atoms with E-state index >= 15 is 0 Å². The molecule has 2 aromatic carbocycles. The number of halogens is 3. The van der Waals surface area contributed by atoms with E-state index in [0.29, 0.717) is 0 Å². The Balaban J connectivity index is 1.81. The van der Waals surface area contributed by atoms with Gasteiger partial charge in [-0.05, 0) is 36.4 Å². The molecule has 2 atom stereocenters. The van der Waals surface area contributed by atoms with Crippen LogP contribution in [0.25, 0.3) is 0 Å². The Kier molecular flexibility index (Phi) is 5.21. The third-order valence-electron chi connectivity index (χ3n) is 4.30. The fourth-order valence-corrected chi connectivity index (χ4v) is 2.98. The number of hydrogen-bond donors (Lipinski definition) is 4. The highest BCUT2D eigenvalue weighted by molar-refractivity contribution is 5.95. The number of benzene rings is 2. The van der Waals surface area contributed by atoms with Crippen LogP contribution >= 0.6 is 0 Å². The van der Waals surface area contributed by atoms with Crippen LogP contribution in [-0.4, -0.2) is 30.4 Å². The Hall–Kier alpha value is -3.56. The molecule has 0 spiro atoms. The molecule has 3 rings (SSSR count). The minimum Gasteiger partial charge on any atom is -0.366 e. The van der Waals surface area contributed by atoms with E-state index < -0.39 is 52.8 Å². The van der Waals surface area contributed by atoms with Gasteiger partial charge in [0.05, 0.1) is 0 Å². The quantitative estimate of drug-likeness (QED) is 0.634. The Morgan fingerprint density at radius 3 is 2.25 bits per heavy atom. The lowest BCUT2D eigenvalue weighted by atomic mass is 9.92. The third-order valence-corrected chi connectivity index (χ3v) is 4.30. The highest BCUT2D eigenvalue weighted by Gasteiger charge is 2.40. The van der Waals surface area contributed by atoms with Gasteiger partial charge in [-0.1, -0.05) is 0 Å². The van der Waals surface area contributed by atoms with Crippen molar-refractivity contribution in [3.8, 4) is 0 Å². The Morgan fingerprint density at radius 2 is 1.68 bits per heavy atom. The van der Waals surface area contributed by atoms with Gasteiger partial charge in [-0.3, -0.25) is 9.59 Å². The lowest BCUT2D eigenvalue weighted by Crippen LogP contribution is -2.45. The summed E-state index contributed by atoms with van der Waals surface area (Å²) in [5.74, 6) is -5.28. The fourth-order valence-electron chi connectivity index (χ4n) is 2.98. The Bertz CT molecular complexity index is 927. The molecule has 0 saturated carbocycles. The Labute approximate surface area is 157 Å². The van der Waals surface area contributed by atoms with Crippen molar-refractivity contribution in [1.82, 2.24) is 10.6 Å². The normalized spacial score (nSPS) is 18.5. The number of hydrogen-bond acceptors (Lipinski definition) is 3. The molecule has 1 aliphatic heterocycles. The molecule has 28 heavy (non-hydrogen) atoms. The minimum absolute atomic E-state index is 0.121. The number of primary amides is 1. The van der Waals surface area contributed by atoms with Gasteiger partial charge in [0.2, 0.25) is 11.8 Å². The fraction of sp³-hybridized carbons (Fsp3) is 0.167. The summed E-state index contributed by atoms with van der Waals surface area (Å²) in [5.41, 5.74) is 4.49. The highest BCUT2D eigenvalue weighted by Crippen LogP contribution is 2.29. The van der Waals surface area contributed by atoms with Crippen LogP contribution in [0.5, 0.6) is 0 Å². The van der Waals surface area contributed by atoms with E-state index in [0.717, 1.165) is 24.3 Å². The molecule has 0 aromatic heterocycles. The zero-order chi connectivity index (χ0) is 20.4. The lowest BCUT2D eigenvalue weighted by molar-refractivity contribution is -0.120. The maximum absolute atomic E-state index is 14.4. The second kappa shape index (κ2) is 7.59. The largest absolute Gasteiger partial charge is 0.366 e. The number of amides is 4. The van der Waals surface area contributed by atoms with E-state index in [9.17, 15) is 27.6 Å². The van der Waals surface area contributed by atoms with Gasteiger partial charge in [0.1, 0.15) is 23.5 Å². The molecule has 4 amide bonds. The van der Waals surface area contributed by atoms with Crippen LogP contribution in [-0.2, 0) is 4.79 Å². The summed E-state index contributed by atoms with van der Waals surface area (Å²) >= 11 is 0. The summed E-state index contributed by atoms with van der Waals surface area (Å²) in [7, 11) is 0. The van der Waals surface area contributed by atoms with Crippen molar-refractivity contribution in [2.24, 2.45) is 5.73 Å². The maximum Gasteiger partial charge on any atom is 0.319 e. The van der Waals surface area contributed by atoms with Gasteiger partial charge in [0.15, 0.2) is 0 Å². The van der Waals surface area contributed by atoms with Crippen molar-refractivity contribution >= 4 is 23.5 Å². The van der Waals surface area contributed by atoms with Gasteiger partial charge in [-0.25, -0.2) is 18.0 Å². The van der Waals surface area contributed by atoms with Gasteiger partial charge in [0.25, 0.3) is 0 Å². The van der Waals surface area contributed by atoms with Crippen LogP contribution in [0, 0.1) is 17.5 Å². The molecule has 1 heterocycles. The molecule has 5 N–H and O–H groups in total. The first-order chi connectivity index (χ1) is 13.3. The Morgan fingerprint density at radius 1 is 1.07 bits per heavy atom. The zero-order valence-electron chi connectivity index (χ0n) is 14.3. The number of anilines is 1. The summed E-state index contributed by atoms with van der Waals surface area (Å²) in [6.07, 6.45) is 0. The van der Waals surface area contributed by atoms with Gasteiger partial charge < -0.3 is 21.7 Å². The van der Waals surface area contributed by atoms with Crippen molar-refractivity contribution in [2.75, 3.05) is 11.9 Å². The van der Waals surface area contributed by atoms with Gasteiger partial charge in [0, 0.05) is 29.3 Å². The summed E-state index contributed by atoms with van der Waals surface area (Å²) in [5, 5.41) is 7.18. The van der Waals surface area contributed by atoms with Gasteiger partial charge in [-0.2, -0.15) is 0 Å². The second-order valence-electron chi connectivity index (χ2n) is 6.15. The van der Waals surface area contributed by atoms with Crippen molar-refractivity contribution in [3.05, 3.63) is 65.0 Å². The zero-order valence-corrected chi connectivity index (χ0v) is 14.3. The topological polar surface area (TPSA) is 113 Å². The van der Waals surface area contributed by atoms with Gasteiger partial charge >= 0.3 is 6.03 Å². The molecule has 0 aliphatic carbocycles. The predicted octanol–water partition coefficient (Wildman–Crippen LogP) is 1.61. The molecule has 1 saturated heterocycles. The van der Waals surface area contributed by atoms with E-state index in [1.165, 1.54) is 12.1 Å². The molecule has 1 aliphatic rings. The number of carbonyl (C=O) groups is 3. The number of rotatable bonds is 4. The molecular formula is C18H15F3N4O3. The smallest absolute Gasteiger partial charge is 0.319 e. The molecule has 0 bridgehead atoms. The standard InChI is InChI=1S/C18H15F3N4O3/c19-9-1-3-10(4-2-9)24-18(28)25-15-11(7-23-17(15)27)14-12(20)5-8(16(22)26)6-13(14)21/h1-6,11,15H,7H2,(H2,22,26)(H,23,27)(H2,24,25,28)/t11-,15-/m0/s1. The summed E-state index contributed by atoms with van der Waals surface area (Å²) in [6, 6.07) is 4.36. The first-order valence-electron chi connectivity index (χ1n) is 8.16. The first-order valence-corrected chi connectivity index (χ1v) is 8.16. The third kappa shape index (κ3) is 3.90. The average molecular weight is 392 g/mol. The second-order valence-corrected chi connectivity index (χ2v) is 6.15. The van der Waals surface area contributed by atoms with Crippen LogP contribution in [0.2, 0.25) is 0 Å². The monoisotopic (exact) mass is 392 g/mol. The first kappa shape index (κ1) is 19.2. The molecular weight excluding hydrogens is 377 g/mol. The van der Waals surface area contributed by atoms with Crippen LogP contribution in [0.1, 0.15) is 21.8 Å². The summed E-state index contributed by atoms with van der Waals surface area (Å²) in [4.78, 5) is 35.3. The summed E-state index contributed by atoms with van der Waals surface area (Å²) in [6.45, 7) is -0.121. The van der Waals surface area contributed by atoms with Gasteiger partial charge in [-0.15, -0.1) is 0 Å². The molecule has 0 radical (unpaired) electrons. The molecule has 0 unspecified atom stereocenters. The van der Waals surface area contributed by atoms with Crippen molar-refractivity contribution < 1.29 is 27.6 Å². The summed E-state index contributed by atoms with van der Waals surface area (Å²) < 4.78 is 41.7. The van der Waals surface area contributed by atoms with Crippen molar-refractivity contribution in [1.29, 1.82) is 0 Å². The molecule has 146 valence electrons. The van der Waals surface area contributed by atoms with E-state index in [2.05, 4.69) is 16.0 Å². The van der Waals surface area contributed by atoms with E-state index in [4.69, 9.17) is 5.73 Å². The van der Waals surface area contributed by atoms with E-state index in [1.54, 1.807) is 0 Å². The number of carbonyl (C=O) groups excluding carboxylic acids is 3. The predicted molar refractivity (Wildman–Crippen MR) is 93.0 cm³/mol. The van der Waals surface area contributed by atoms with Crippen LogP contribution < -0.4 is 21.7 Å². The SMILES string of the molecule is NC(=O)c1cc(F)c([C@@H]2CNC(=O)[C@H]2NC(=O)Nc2ccc(F)cc2)c(F)c1. The number of nitrogens with one attached hydrogen (secondary N) is 3. The molecule has 2 aromatic rings. The van der Waals surface area contributed by atoms with Crippen molar-refractivity contribution in [3.63, 3.8) is 0 Å². The van der Waals surface area contributed by atoms with E-state index in [-0.39, 0.29) is 17.8 Å². The van der Waals surface area contributed by atoms with Crippen LogP contribution in [0.3, 0.4) is 0 Å². The van der Waals surface area contributed by atoms with E-state index in [1.807, 2.05) is 0 Å². The van der Waals surface area contributed by atoms with Crippen molar-refractivity contribution in [2.45, 2.75) is 12.0 Å². The maximum atomic E-state index is 14.4. The lowest BCUT2D eigenvalue weighted by Gasteiger charge is -2.20. The highest BCUT2D eigenvalue weighted by atomic mass is 19.1. The average Bonchev–Trinajstić information content (AvgIpc) is 2.97. The molecule has 7 nitrogen and oxygen atoms in total. The number of urea groups is 1. The van der Waals surface area contributed by atoms with Crippen LogP contribution in [0.4, 0.5) is 23.7 Å². The molecule has 1 fully saturated rings.